The molecule has 0 spiro atoms. The topological polar surface area (TPSA) is 93.2 Å². The molecular formula is C21H21ClF2N4O3S2. The summed E-state index contributed by atoms with van der Waals surface area (Å²) in [6.07, 6.45) is 2.14. The van der Waals surface area contributed by atoms with Crippen molar-refractivity contribution in [2.24, 2.45) is 5.92 Å². The normalized spacial score (nSPS) is 18.9. The average molecular weight is 515 g/mol. The van der Waals surface area contributed by atoms with Crippen LogP contribution in [0, 0.1) is 17.6 Å². The highest BCUT2D eigenvalue weighted by Crippen LogP contribution is 2.32. The van der Waals surface area contributed by atoms with E-state index in [0.717, 1.165) is 36.1 Å². The molecule has 2 aromatic carbocycles. The summed E-state index contributed by atoms with van der Waals surface area (Å²) in [4.78, 5) is 3.05. The third-order valence-electron chi connectivity index (χ3n) is 5.46. The Labute approximate surface area is 199 Å². The minimum atomic E-state index is -4.29. The molecule has 2 heterocycles. The standard InChI is InChI=1S/C21H21ClF2N4O3S2/c22-15-3-1-13(2-4-15)16-5-6-25-9-14(16)11-31-19-7-18(24)20(8-17(19)23)33(29,30)28-10-21-26-12-27-32-21/h1-4,7-8,12,14,16,25,28H,5-6,9-11H2/t14-,16-/m1/s1. The second kappa shape index (κ2) is 10.4. The van der Waals surface area contributed by atoms with Crippen molar-refractivity contribution in [3.63, 3.8) is 0 Å². The van der Waals surface area contributed by atoms with E-state index in [-0.39, 0.29) is 30.7 Å². The van der Waals surface area contributed by atoms with Gasteiger partial charge < -0.3 is 10.1 Å². The monoisotopic (exact) mass is 514 g/mol. The van der Waals surface area contributed by atoms with Gasteiger partial charge in [0, 0.05) is 29.6 Å². The first-order chi connectivity index (χ1) is 15.8. The summed E-state index contributed by atoms with van der Waals surface area (Å²) in [7, 11) is -4.29. The van der Waals surface area contributed by atoms with Crippen LogP contribution in [0.25, 0.3) is 0 Å². The third-order valence-corrected chi connectivity index (χ3v) is 7.78. The largest absolute Gasteiger partial charge is 0.490 e. The van der Waals surface area contributed by atoms with Crippen LogP contribution >= 0.6 is 23.1 Å². The quantitative estimate of drug-likeness (QED) is 0.476. The lowest BCUT2D eigenvalue weighted by molar-refractivity contribution is 0.190. The van der Waals surface area contributed by atoms with Gasteiger partial charge in [-0.1, -0.05) is 23.7 Å². The molecule has 0 unspecified atom stereocenters. The number of aromatic nitrogens is 2. The molecule has 0 saturated carbocycles. The maximum absolute atomic E-state index is 14.7. The second-order valence-corrected chi connectivity index (χ2v) is 10.6. The van der Waals surface area contributed by atoms with Crippen LogP contribution in [0.1, 0.15) is 22.9 Å². The zero-order chi connectivity index (χ0) is 23.4. The molecule has 2 atom stereocenters. The Hall–Kier alpha value is -2.18. The van der Waals surface area contributed by atoms with Crippen molar-refractivity contribution in [2.75, 3.05) is 19.7 Å². The summed E-state index contributed by atoms with van der Waals surface area (Å²) in [6, 6.07) is 8.96. The molecule has 4 rings (SSSR count). The van der Waals surface area contributed by atoms with Crippen LogP contribution in [-0.4, -0.2) is 37.5 Å². The highest BCUT2D eigenvalue weighted by Gasteiger charge is 2.28. The lowest BCUT2D eigenvalue weighted by atomic mass is 9.81. The summed E-state index contributed by atoms with van der Waals surface area (Å²) in [6.45, 7) is 1.45. The first kappa shape index (κ1) is 24.0. The highest BCUT2D eigenvalue weighted by atomic mass is 35.5. The van der Waals surface area contributed by atoms with Crippen LogP contribution in [0.2, 0.25) is 5.02 Å². The second-order valence-electron chi connectivity index (χ2n) is 7.59. The summed E-state index contributed by atoms with van der Waals surface area (Å²) >= 11 is 6.98. The lowest BCUT2D eigenvalue weighted by Crippen LogP contribution is -2.38. The minimum Gasteiger partial charge on any atom is -0.490 e. The number of hydrogen-bond acceptors (Lipinski definition) is 7. The number of nitrogens with one attached hydrogen (secondary N) is 2. The number of ether oxygens (including phenoxy) is 1. The van der Waals surface area contributed by atoms with Crippen molar-refractivity contribution in [2.45, 2.75) is 23.8 Å². The van der Waals surface area contributed by atoms with E-state index >= 15 is 0 Å². The van der Waals surface area contributed by atoms with Crippen molar-refractivity contribution in [1.29, 1.82) is 0 Å². The average Bonchev–Trinajstić information content (AvgIpc) is 3.33. The molecule has 0 amide bonds. The Morgan fingerprint density at radius 1 is 1.21 bits per heavy atom. The van der Waals surface area contributed by atoms with Gasteiger partial charge >= 0.3 is 0 Å². The van der Waals surface area contributed by atoms with Crippen LogP contribution in [0.4, 0.5) is 8.78 Å². The molecule has 176 valence electrons. The minimum absolute atomic E-state index is 0.0133. The molecule has 1 aromatic heterocycles. The maximum Gasteiger partial charge on any atom is 0.243 e. The zero-order valence-corrected chi connectivity index (χ0v) is 19.7. The molecular weight excluding hydrogens is 494 g/mol. The first-order valence-electron chi connectivity index (χ1n) is 10.2. The van der Waals surface area contributed by atoms with Gasteiger partial charge in [-0.3, -0.25) is 0 Å². The van der Waals surface area contributed by atoms with Gasteiger partial charge in [-0.15, -0.1) is 0 Å². The number of sulfonamides is 1. The molecule has 2 N–H and O–H groups in total. The van der Waals surface area contributed by atoms with Crippen LogP contribution in [0.5, 0.6) is 5.75 Å². The van der Waals surface area contributed by atoms with E-state index in [1.165, 1.54) is 6.33 Å². The Morgan fingerprint density at radius 3 is 2.73 bits per heavy atom. The molecule has 1 saturated heterocycles. The van der Waals surface area contributed by atoms with Crippen LogP contribution in [0.3, 0.4) is 0 Å². The van der Waals surface area contributed by atoms with Gasteiger partial charge in [-0.2, -0.15) is 4.37 Å². The van der Waals surface area contributed by atoms with Gasteiger partial charge in [-0.05, 0) is 48.1 Å². The van der Waals surface area contributed by atoms with Crippen molar-refractivity contribution in [3.05, 3.63) is 70.0 Å². The number of hydrogen-bond donors (Lipinski definition) is 2. The van der Waals surface area contributed by atoms with Gasteiger partial charge in [0.15, 0.2) is 11.6 Å². The Balaban J connectivity index is 1.46. The van der Waals surface area contributed by atoms with E-state index in [1.807, 2.05) is 24.3 Å². The van der Waals surface area contributed by atoms with Crippen LogP contribution in [0.15, 0.2) is 47.6 Å². The number of halogens is 3. The van der Waals surface area contributed by atoms with Crippen molar-refractivity contribution in [1.82, 2.24) is 19.4 Å². The predicted molar refractivity (Wildman–Crippen MR) is 121 cm³/mol. The fraction of sp³-hybridized carbons (Fsp3) is 0.333. The molecule has 1 fully saturated rings. The van der Waals surface area contributed by atoms with E-state index in [1.54, 1.807) is 0 Å². The Kier molecular flexibility index (Phi) is 7.55. The van der Waals surface area contributed by atoms with Gasteiger partial charge in [0.2, 0.25) is 10.0 Å². The molecule has 0 aliphatic carbocycles. The zero-order valence-electron chi connectivity index (χ0n) is 17.3. The van der Waals surface area contributed by atoms with Gasteiger partial charge in [0.05, 0.1) is 13.2 Å². The van der Waals surface area contributed by atoms with E-state index < -0.39 is 26.6 Å². The van der Waals surface area contributed by atoms with Gasteiger partial charge in [0.25, 0.3) is 0 Å². The predicted octanol–water partition coefficient (Wildman–Crippen LogP) is 3.72. The summed E-state index contributed by atoms with van der Waals surface area (Å²) in [5.41, 5.74) is 1.10. The first-order valence-corrected chi connectivity index (χ1v) is 12.8. The maximum atomic E-state index is 14.7. The van der Waals surface area contributed by atoms with Crippen LogP contribution in [-0.2, 0) is 16.6 Å². The third kappa shape index (κ3) is 5.85. The SMILES string of the molecule is O=S(=O)(NCc1ncns1)c1cc(F)c(OC[C@H]2CNCC[C@@H]2c2ccc(Cl)cc2)cc1F. The van der Waals surface area contributed by atoms with Gasteiger partial charge in [0.1, 0.15) is 22.0 Å². The summed E-state index contributed by atoms with van der Waals surface area (Å²) in [5, 5.41) is 4.34. The summed E-state index contributed by atoms with van der Waals surface area (Å²) < 4.78 is 65.7. The van der Waals surface area contributed by atoms with E-state index in [9.17, 15) is 17.2 Å². The Morgan fingerprint density at radius 2 is 2.00 bits per heavy atom. The molecule has 0 radical (unpaired) electrons. The number of rotatable bonds is 8. The molecule has 7 nitrogen and oxygen atoms in total. The molecule has 1 aliphatic heterocycles. The number of piperidine rings is 1. The van der Waals surface area contributed by atoms with E-state index in [4.69, 9.17) is 16.3 Å². The lowest BCUT2D eigenvalue weighted by Gasteiger charge is -2.32. The number of benzene rings is 2. The van der Waals surface area contributed by atoms with Crippen LogP contribution < -0.4 is 14.8 Å². The molecule has 33 heavy (non-hydrogen) atoms. The molecule has 12 heteroatoms. The smallest absolute Gasteiger partial charge is 0.243 e. The van der Waals surface area contributed by atoms with Crippen molar-refractivity contribution < 1.29 is 21.9 Å². The summed E-state index contributed by atoms with van der Waals surface area (Å²) in [5.74, 6) is -2.22. The van der Waals surface area contributed by atoms with E-state index in [0.29, 0.717) is 22.6 Å². The van der Waals surface area contributed by atoms with Crippen molar-refractivity contribution >= 4 is 33.2 Å². The van der Waals surface area contributed by atoms with Gasteiger partial charge in [-0.25, -0.2) is 26.9 Å². The molecule has 3 aromatic rings. The Bertz CT molecular complexity index is 1190. The fourth-order valence-corrected chi connectivity index (χ4v) is 5.50. The van der Waals surface area contributed by atoms with Crippen molar-refractivity contribution in [3.8, 4) is 5.75 Å². The molecule has 0 bridgehead atoms. The molecule has 1 aliphatic rings. The fourth-order valence-electron chi connectivity index (χ4n) is 3.78. The highest BCUT2D eigenvalue weighted by molar-refractivity contribution is 7.89. The van der Waals surface area contributed by atoms with E-state index in [2.05, 4.69) is 19.4 Å². The number of nitrogens with zero attached hydrogens (tertiary/aromatic N) is 2.